The molecule has 0 aromatic carbocycles. The van der Waals surface area contributed by atoms with Crippen LogP contribution >= 0.6 is 0 Å². The zero-order valence-corrected chi connectivity index (χ0v) is 12.5. The van der Waals surface area contributed by atoms with Crippen LogP contribution in [0.3, 0.4) is 0 Å². The minimum Gasteiger partial charge on any atom is -0.479 e. The van der Waals surface area contributed by atoms with Crippen molar-refractivity contribution in [2.24, 2.45) is 0 Å². The number of nitrogens with two attached hydrogens (primary N) is 1. The molecule has 12 heteroatoms. The molecular weight excluding hydrogens is 338 g/mol. The Hall–Kier alpha value is -2.83. The zero-order valence-electron chi connectivity index (χ0n) is 12.5. The lowest BCUT2D eigenvalue weighted by molar-refractivity contribution is -0.170. The molecule has 25 heavy (non-hydrogen) atoms. The topological polar surface area (TPSA) is 183 Å². The van der Waals surface area contributed by atoms with Gasteiger partial charge in [-0.05, 0) is 0 Å². The maximum absolute atomic E-state index is 10.9. The van der Waals surface area contributed by atoms with Crippen molar-refractivity contribution < 1.29 is 34.4 Å². The first-order valence-electron chi connectivity index (χ1n) is 7.25. The fourth-order valence-electron chi connectivity index (χ4n) is 3.08. The predicted octanol–water partition coefficient (Wildman–Crippen LogP) is -1.64. The minimum absolute atomic E-state index is 0.0592. The number of aromatic nitrogens is 4. The van der Waals surface area contributed by atoms with E-state index in [4.69, 9.17) is 25.4 Å². The van der Waals surface area contributed by atoms with Gasteiger partial charge in [0.15, 0.2) is 11.5 Å². The molecule has 1 aliphatic heterocycles. The van der Waals surface area contributed by atoms with Gasteiger partial charge >= 0.3 is 11.9 Å². The van der Waals surface area contributed by atoms with Gasteiger partial charge in [0, 0.05) is 6.42 Å². The third-order valence-electron chi connectivity index (χ3n) is 4.39. The Morgan fingerprint density at radius 3 is 2.68 bits per heavy atom. The maximum Gasteiger partial charge on any atom is 0.344 e. The Labute approximate surface area is 138 Å². The number of carboxylic acids is 2. The van der Waals surface area contributed by atoms with Crippen LogP contribution in [0.2, 0.25) is 0 Å². The molecule has 132 valence electrons. The molecule has 2 aromatic heterocycles. The minimum atomic E-state index is -2.07. The van der Waals surface area contributed by atoms with E-state index < -0.39 is 42.1 Å². The summed E-state index contributed by atoms with van der Waals surface area (Å²) in [5.41, 5.74) is 5.06. The lowest BCUT2D eigenvalue weighted by Crippen LogP contribution is -2.36. The van der Waals surface area contributed by atoms with Crippen LogP contribution < -0.4 is 5.73 Å². The first-order chi connectivity index (χ1) is 11.8. The van der Waals surface area contributed by atoms with Crippen molar-refractivity contribution >= 4 is 28.9 Å². The molecular formula is C13H13N5O7. The summed E-state index contributed by atoms with van der Waals surface area (Å²) in [5, 5.41) is 28.2. The molecule has 2 fully saturated rings. The zero-order chi connectivity index (χ0) is 17.9. The van der Waals surface area contributed by atoms with Crippen LogP contribution in [-0.4, -0.2) is 70.7 Å². The van der Waals surface area contributed by atoms with Crippen LogP contribution in [0.4, 0.5) is 5.82 Å². The highest BCUT2D eigenvalue weighted by molar-refractivity contribution is 5.96. The van der Waals surface area contributed by atoms with Gasteiger partial charge in [0.2, 0.25) is 0 Å². The van der Waals surface area contributed by atoms with Crippen LogP contribution in [0, 0.1) is 0 Å². The van der Waals surface area contributed by atoms with Crippen molar-refractivity contribution in [3.63, 3.8) is 0 Å². The third kappa shape index (κ3) is 2.22. The van der Waals surface area contributed by atoms with Gasteiger partial charge in [0.25, 0.3) is 6.10 Å². The summed E-state index contributed by atoms with van der Waals surface area (Å²) in [7, 11) is 0. The lowest BCUT2D eigenvalue weighted by atomic mass is 10.2. The molecule has 5 N–H and O–H groups in total. The lowest BCUT2D eigenvalue weighted by Gasteiger charge is -2.19. The average Bonchev–Trinajstić information content (AvgIpc) is 2.90. The second-order valence-electron chi connectivity index (χ2n) is 5.90. The molecule has 0 bridgehead atoms. The third-order valence-corrected chi connectivity index (χ3v) is 4.39. The summed E-state index contributed by atoms with van der Waals surface area (Å²) in [5.74, 6) is -3.09. The molecule has 1 saturated carbocycles. The number of carboxylic acid groups (broad SMARTS) is 2. The Bertz CT molecular complexity index is 871. The van der Waals surface area contributed by atoms with Gasteiger partial charge in [-0.15, -0.1) is 0 Å². The van der Waals surface area contributed by atoms with Crippen LogP contribution in [0.5, 0.6) is 0 Å². The van der Waals surface area contributed by atoms with E-state index in [9.17, 15) is 14.7 Å². The molecule has 12 nitrogen and oxygen atoms in total. The summed E-state index contributed by atoms with van der Waals surface area (Å²) in [6, 6.07) is 0. The largest absolute Gasteiger partial charge is 0.479 e. The fraction of sp³-hybridized carbons (Fsp3) is 0.462. The molecule has 0 spiro atoms. The van der Waals surface area contributed by atoms with Crippen molar-refractivity contribution in [2.75, 3.05) is 5.73 Å². The van der Waals surface area contributed by atoms with E-state index in [0.717, 1.165) is 0 Å². The smallest absolute Gasteiger partial charge is 0.344 e. The number of rotatable bonds is 5. The van der Waals surface area contributed by atoms with Gasteiger partial charge < -0.3 is 30.5 Å². The van der Waals surface area contributed by atoms with E-state index in [1.54, 1.807) is 4.57 Å². The van der Waals surface area contributed by atoms with Crippen molar-refractivity contribution in [1.29, 1.82) is 0 Å². The van der Waals surface area contributed by atoms with Crippen LogP contribution in [0.1, 0.15) is 12.6 Å². The fourth-order valence-corrected chi connectivity index (χ4v) is 3.08. The molecule has 0 radical (unpaired) electrons. The Balaban J connectivity index is 1.51. The molecule has 4 atom stereocenters. The van der Waals surface area contributed by atoms with Gasteiger partial charge in [-0.2, -0.15) is 0 Å². The van der Waals surface area contributed by atoms with E-state index >= 15 is 0 Å². The molecule has 2 aromatic rings. The van der Waals surface area contributed by atoms with Gasteiger partial charge in [0.1, 0.15) is 35.9 Å². The molecule has 1 saturated heterocycles. The number of nitrogen functional groups attached to an aromatic ring is 1. The van der Waals surface area contributed by atoms with Crippen molar-refractivity contribution in [1.82, 2.24) is 19.5 Å². The highest BCUT2D eigenvalue weighted by Gasteiger charge is 2.73. The Kier molecular flexibility index (Phi) is 3.19. The Morgan fingerprint density at radius 2 is 2.08 bits per heavy atom. The van der Waals surface area contributed by atoms with Gasteiger partial charge in [0.05, 0.1) is 6.33 Å². The molecule has 0 amide bonds. The summed E-state index contributed by atoms with van der Waals surface area (Å²) in [6.45, 7) is 0. The van der Waals surface area contributed by atoms with Crippen molar-refractivity contribution in [3.05, 3.63) is 12.7 Å². The molecule has 1 aliphatic carbocycles. The first-order valence-corrected chi connectivity index (χ1v) is 7.25. The second kappa shape index (κ2) is 5.08. The number of fused-ring (bicyclic) bond motifs is 2. The number of hydrogen-bond donors (Lipinski definition) is 4. The summed E-state index contributed by atoms with van der Waals surface area (Å²) in [6.07, 6.45) is -1.78. The number of hydrogen-bond acceptors (Lipinski definition) is 9. The number of anilines is 1. The van der Waals surface area contributed by atoms with E-state index in [1.165, 1.54) is 12.7 Å². The van der Waals surface area contributed by atoms with E-state index in [-0.39, 0.29) is 12.2 Å². The van der Waals surface area contributed by atoms with Crippen LogP contribution in [0.15, 0.2) is 12.7 Å². The number of imidazole rings is 1. The maximum atomic E-state index is 10.9. The van der Waals surface area contributed by atoms with Crippen LogP contribution in [0.25, 0.3) is 11.2 Å². The molecule has 3 heterocycles. The monoisotopic (exact) mass is 351 g/mol. The average molecular weight is 351 g/mol. The number of aliphatic hydroxyl groups is 1. The standard InChI is InChI=1S/C13H13N5O7/c14-9-5-10(16-2-15-9)18(3-17-5)4-1-13(23)7(24-4)8(13)25-6(11(19)20)12(21)22/h2-4,6-8,23H,1H2,(H,19,20)(H,21,22)(H2,14,15,16)/t4-,7-,8?,13+/m1/s1. The summed E-state index contributed by atoms with van der Waals surface area (Å²) >= 11 is 0. The number of aliphatic carboxylic acids is 2. The normalized spacial score (nSPS) is 30.6. The quantitative estimate of drug-likeness (QED) is 0.453. The van der Waals surface area contributed by atoms with Crippen LogP contribution in [-0.2, 0) is 19.1 Å². The van der Waals surface area contributed by atoms with E-state index in [1.807, 2.05) is 0 Å². The van der Waals surface area contributed by atoms with Gasteiger partial charge in [-0.1, -0.05) is 0 Å². The van der Waals surface area contributed by atoms with E-state index in [2.05, 4.69) is 15.0 Å². The van der Waals surface area contributed by atoms with E-state index in [0.29, 0.717) is 11.2 Å². The number of ether oxygens (including phenoxy) is 2. The first kappa shape index (κ1) is 15.7. The summed E-state index contributed by atoms with van der Waals surface area (Å²) in [4.78, 5) is 33.8. The van der Waals surface area contributed by atoms with Gasteiger partial charge in [-0.25, -0.2) is 24.5 Å². The van der Waals surface area contributed by atoms with Crippen molar-refractivity contribution in [2.45, 2.75) is 36.6 Å². The predicted molar refractivity (Wildman–Crippen MR) is 77.1 cm³/mol. The molecule has 2 aliphatic rings. The van der Waals surface area contributed by atoms with Crippen molar-refractivity contribution in [3.8, 4) is 0 Å². The molecule has 4 rings (SSSR count). The summed E-state index contributed by atoms with van der Waals surface area (Å²) < 4.78 is 12.2. The SMILES string of the molecule is Nc1ncnc2c1ncn2[C@H]1C[C@@]2(O)C(OC(C(=O)O)C(=O)O)[C@H]2O1. The number of carbonyl (C=O) groups is 2. The molecule has 1 unspecified atom stereocenters. The van der Waals surface area contributed by atoms with Gasteiger partial charge in [-0.3, -0.25) is 4.57 Å². The second-order valence-corrected chi connectivity index (χ2v) is 5.90. The number of nitrogens with zero attached hydrogens (tertiary/aromatic N) is 4. The highest BCUT2D eigenvalue weighted by atomic mass is 16.6. The Morgan fingerprint density at radius 1 is 1.36 bits per heavy atom. The highest BCUT2D eigenvalue weighted by Crippen LogP contribution is 2.55.